The summed E-state index contributed by atoms with van der Waals surface area (Å²) in [4.78, 5) is 17.5. The van der Waals surface area contributed by atoms with Crippen LogP contribution in [0.15, 0.2) is 24.3 Å². The number of amides is 1. The van der Waals surface area contributed by atoms with Gasteiger partial charge in [-0.2, -0.15) is 0 Å². The van der Waals surface area contributed by atoms with Gasteiger partial charge in [0.05, 0.1) is 6.61 Å². The van der Waals surface area contributed by atoms with Gasteiger partial charge in [0, 0.05) is 49.7 Å². The summed E-state index contributed by atoms with van der Waals surface area (Å²) < 4.78 is 6.05. The fraction of sp³-hybridized carbons (Fsp3) is 0.667. The molecule has 1 saturated carbocycles. The second kappa shape index (κ2) is 6.73. The van der Waals surface area contributed by atoms with E-state index in [9.17, 15) is 4.79 Å². The molecule has 2 heterocycles. The lowest BCUT2D eigenvalue weighted by molar-refractivity contribution is 0.0530. The molecule has 1 aliphatic carbocycles. The first-order valence-electron chi connectivity index (χ1n) is 9.69. The molecule has 0 radical (unpaired) electrons. The van der Waals surface area contributed by atoms with Crippen LogP contribution in [0, 0.1) is 24.2 Å². The molecule has 1 aromatic rings. The molecule has 0 unspecified atom stereocenters. The normalized spacial score (nSPS) is 29.7. The van der Waals surface area contributed by atoms with Crippen LogP contribution in [0.3, 0.4) is 0 Å². The maximum atomic E-state index is 13.0. The van der Waals surface area contributed by atoms with Crippen molar-refractivity contribution in [1.82, 2.24) is 9.80 Å². The van der Waals surface area contributed by atoms with Gasteiger partial charge in [-0.3, -0.25) is 4.79 Å². The summed E-state index contributed by atoms with van der Waals surface area (Å²) in [6.45, 7) is 7.74. The summed E-state index contributed by atoms with van der Waals surface area (Å²) in [7, 11) is 2.20. The standard InChI is InChI=1S/C21H30N2O2/c1-16-5-3-4-6-19(16)20(24)23-10-9-21(15-23)14-22(2)11-18(21)13-25-12-17-7-8-17/h3-6,17-18H,7-15H2,1-2H3/t18-,21+/m0/s1. The van der Waals surface area contributed by atoms with E-state index in [1.54, 1.807) is 0 Å². The van der Waals surface area contributed by atoms with Crippen LogP contribution >= 0.6 is 0 Å². The summed E-state index contributed by atoms with van der Waals surface area (Å²) >= 11 is 0. The Morgan fingerprint density at radius 1 is 1.24 bits per heavy atom. The topological polar surface area (TPSA) is 32.8 Å². The largest absolute Gasteiger partial charge is 0.381 e. The van der Waals surface area contributed by atoms with E-state index >= 15 is 0 Å². The van der Waals surface area contributed by atoms with E-state index < -0.39 is 0 Å². The number of likely N-dealkylation sites (tertiary alicyclic amines) is 2. The lowest BCUT2D eigenvalue weighted by atomic mass is 9.77. The predicted molar refractivity (Wildman–Crippen MR) is 98.7 cm³/mol. The fourth-order valence-corrected chi connectivity index (χ4v) is 4.71. The third kappa shape index (κ3) is 3.47. The SMILES string of the molecule is Cc1ccccc1C(=O)N1CC[C@@]2(CN(C)C[C@H]2COCC2CC2)C1. The van der Waals surface area contributed by atoms with E-state index in [1.807, 2.05) is 31.2 Å². The van der Waals surface area contributed by atoms with Gasteiger partial charge in [-0.1, -0.05) is 18.2 Å². The zero-order valence-electron chi connectivity index (χ0n) is 15.5. The summed E-state index contributed by atoms with van der Waals surface area (Å²) in [5, 5.41) is 0. The number of nitrogens with zero attached hydrogens (tertiary/aromatic N) is 2. The summed E-state index contributed by atoms with van der Waals surface area (Å²) in [6.07, 6.45) is 3.79. The third-order valence-electron chi connectivity index (χ3n) is 6.40. The molecule has 3 aliphatic rings. The van der Waals surface area contributed by atoms with Crippen LogP contribution in [0.1, 0.15) is 35.2 Å². The van der Waals surface area contributed by atoms with Crippen LogP contribution in [0.2, 0.25) is 0 Å². The van der Waals surface area contributed by atoms with Gasteiger partial charge in [0.15, 0.2) is 0 Å². The first kappa shape index (κ1) is 17.0. The Hall–Kier alpha value is -1.39. The zero-order valence-corrected chi connectivity index (χ0v) is 15.5. The van der Waals surface area contributed by atoms with Crippen molar-refractivity contribution in [3.05, 3.63) is 35.4 Å². The van der Waals surface area contributed by atoms with Crippen LogP contribution in [0.4, 0.5) is 0 Å². The van der Waals surface area contributed by atoms with Crippen LogP contribution in [-0.4, -0.2) is 62.1 Å². The molecule has 1 spiro atoms. The van der Waals surface area contributed by atoms with Gasteiger partial charge >= 0.3 is 0 Å². The molecule has 136 valence electrons. The van der Waals surface area contributed by atoms with E-state index in [0.717, 1.165) is 62.9 Å². The molecule has 1 aromatic carbocycles. The molecule has 0 N–H and O–H groups in total. The lowest BCUT2D eigenvalue weighted by Crippen LogP contribution is -2.38. The van der Waals surface area contributed by atoms with Gasteiger partial charge in [0.2, 0.25) is 0 Å². The summed E-state index contributed by atoms with van der Waals surface area (Å²) in [5.41, 5.74) is 2.14. The number of hydrogen-bond donors (Lipinski definition) is 0. The quantitative estimate of drug-likeness (QED) is 0.825. The second-order valence-electron chi connectivity index (χ2n) is 8.53. The first-order valence-corrected chi connectivity index (χ1v) is 9.69. The Labute approximate surface area is 151 Å². The van der Waals surface area contributed by atoms with E-state index in [1.165, 1.54) is 12.8 Å². The molecule has 1 amide bonds. The number of benzene rings is 1. The van der Waals surface area contributed by atoms with Gasteiger partial charge < -0.3 is 14.5 Å². The van der Waals surface area contributed by atoms with Crippen molar-refractivity contribution < 1.29 is 9.53 Å². The van der Waals surface area contributed by atoms with E-state index in [4.69, 9.17) is 4.74 Å². The van der Waals surface area contributed by atoms with E-state index in [0.29, 0.717) is 5.92 Å². The maximum Gasteiger partial charge on any atom is 0.254 e. The highest BCUT2D eigenvalue weighted by molar-refractivity contribution is 5.95. The minimum Gasteiger partial charge on any atom is -0.381 e. The van der Waals surface area contributed by atoms with Crippen molar-refractivity contribution in [3.63, 3.8) is 0 Å². The van der Waals surface area contributed by atoms with Gasteiger partial charge in [-0.25, -0.2) is 0 Å². The average Bonchev–Trinajstić information content (AvgIpc) is 3.24. The number of aryl methyl sites for hydroxylation is 1. The smallest absolute Gasteiger partial charge is 0.254 e. The van der Waals surface area contributed by atoms with Gasteiger partial charge in [0.1, 0.15) is 0 Å². The first-order chi connectivity index (χ1) is 12.1. The lowest BCUT2D eigenvalue weighted by Gasteiger charge is -2.30. The molecule has 2 aliphatic heterocycles. The maximum absolute atomic E-state index is 13.0. The molecule has 2 atom stereocenters. The molecule has 0 bridgehead atoms. The van der Waals surface area contributed by atoms with Crippen molar-refractivity contribution >= 4 is 5.91 Å². The number of hydrogen-bond acceptors (Lipinski definition) is 3. The van der Waals surface area contributed by atoms with Crippen molar-refractivity contribution in [1.29, 1.82) is 0 Å². The Balaban J connectivity index is 1.43. The molecular weight excluding hydrogens is 312 g/mol. The molecule has 0 aromatic heterocycles. The van der Waals surface area contributed by atoms with Crippen LogP contribution in [0.5, 0.6) is 0 Å². The van der Waals surface area contributed by atoms with Crippen molar-refractivity contribution in [2.45, 2.75) is 26.2 Å². The molecule has 4 nitrogen and oxygen atoms in total. The molecule has 2 saturated heterocycles. The van der Waals surface area contributed by atoms with Crippen molar-refractivity contribution in [2.75, 3.05) is 46.4 Å². The van der Waals surface area contributed by atoms with Crippen LogP contribution in [0.25, 0.3) is 0 Å². The van der Waals surface area contributed by atoms with E-state index in [-0.39, 0.29) is 11.3 Å². The second-order valence-corrected chi connectivity index (χ2v) is 8.53. The van der Waals surface area contributed by atoms with Gasteiger partial charge in [0.25, 0.3) is 5.91 Å². The highest BCUT2D eigenvalue weighted by atomic mass is 16.5. The number of rotatable bonds is 5. The Morgan fingerprint density at radius 3 is 2.80 bits per heavy atom. The van der Waals surface area contributed by atoms with Crippen LogP contribution < -0.4 is 0 Å². The van der Waals surface area contributed by atoms with Crippen molar-refractivity contribution in [3.8, 4) is 0 Å². The van der Waals surface area contributed by atoms with E-state index in [2.05, 4.69) is 16.8 Å². The highest BCUT2D eigenvalue weighted by Crippen LogP contribution is 2.44. The molecule has 4 rings (SSSR count). The summed E-state index contributed by atoms with van der Waals surface area (Å²) in [6, 6.07) is 7.94. The molecule has 25 heavy (non-hydrogen) atoms. The highest BCUT2D eigenvalue weighted by Gasteiger charge is 2.50. The zero-order chi connectivity index (χ0) is 17.4. The number of carbonyl (C=O) groups excluding carboxylic acids is 1. The van der Waals surface area contributed by atoms with Gasteiger partial charge in [-0.15, -0.1) is 0 Å². The Kier molecular flexibility index (Phi) is 4.59. The monoisotopic (exact) mass is 342 g/mol. The van der Waals surface area contributed by atoms with Crippen LogP contribution in [-0.2, 0) is 4.74 Å². The average molecular weight is 342 g/mol. The van der Waals surface area contributed by atoms with Crippen molar-refractivity contribution in [2.24, 2.45) is 17.3 Å². The minimum atomic E-state index is 0.196. The predicted octanol–water partition coefficient (Wildman–Crippen LogP) is 2.82. The van der Waals surface area contributed by atoms with Gasteiger partial charge in [-0.05, 0) is 50.8 Å². The fourth-order valence-electron chi connectivity index (χ4n) is 4.71. The molecule has 4 heteroatoms. The Morgan fingerprint density at radius 2 is 2.04 bits per heavy atom. The molecule has 3 fully saturated rings. The number of carbonyl (C=O) groups is 1. The Bertz CT molecular complexity index is 643. The third-order valence-corrected chi connectivity index (χ3v) is 6.40. The minimum absolute atomic E-state index is 0.196. The number of ether oxygens (including phenoxy) is 1. The molecular formula is C21H30N2O2. The summed E-state index contributed by atoms with van der Waals surface area (Å²) in [5.74, 6) is 1.56.